The molecule has 7 heteroatoms. The number of methoxy groups -OCH3 is 1. The largest absolute Gasteiger partial charge is 0.497 e. The Bertz CT molecular complexity index is 843. The fraction of sp³-hybridized carbons (Fsp3) is 0.435. The Hall–Kier alpha value is -1.86. The maximum Gasteiger partial charge on any atom is 0.173 e. The van der Waals surface area contributed by atoms with Crippen LogP contribution in [0.1, 0.15) is 17.5 Å². The maximum atomic E-state index is 6.28. The molecule has 1 aliphatic rings. The lowest BCUT2D eigenvalue weighted by atomic mass is 10.2. The minimum Gasteiger partial charge on any atom is -0.497 e. The molecule has 1 fully saturated rings. The number of hydrogen-bond acceptors (Lipinski definition) is 4. The van der Waals surface area contributed by atoms with Crippen molar-refractivity contribution in [2.45, 2.75) is 19.9 Å². The van der Waals surface area contributed by atoms with Crippen LogP contribution in [0.3, 0.4) is 0 Å². The first-order chi connectivity index (χ1) is 14.5. The van der Waals surface area contributed by atoms with Gasteiger partial charge in [-0.05, 0) is 61.0 Å². The van der Waals surface area contributed by atoms with Crippen LogP contribution in [0.25, 0.3) is 0 Å². The van der Waals surface area contributed by atoms with Gasteiger partial charge in [-0.3, -0.25) is 4.90 Å². The highest BCUT2D eigenvalue weighted by Crippen LogP contribution is 2.21. The number of anilines is 1. The van der Waals surface area contributed by atoms with Crippen LogP contribution in [0.4, 0.5) is 5.69 Å². The van der Waals surface area contributed by atoms with Crippen molar-refractivity contribution < 1.29 is 9.47 Å². The minimum atomic E-state index is 0.694. The van der Waals surface area contributed by atoms with Crippen LogP contribution in [0.2, 0.25) is 5.02 Å². The highest BCUT2D eigenvalue weighted by Gasteiger charge is 2.14. The zero-order valence-electron chi connectivity index (χ0n) is 17.7. The second kappa shape index (κ2) is 11.5. The minimum absolute atomic E-state index is 0.694. The quantitative estimate of drug-likeness (QED) is 0.597. The molecule has 5 nitrogen and oxygen atoms in total. The predicted octanol–water partition coefficient (Wildman–Crippen LogP) is 4.58. The average molecular weight is 448 g/mol. The van der Waals surface area contributed by atoms with Gasteiger partial charge in [0.25, 0.3) is 0 Å². The van der Waals surface area contributed by atoms with Crippen LogP contribution in [0.5, 0.6) is 5.75 Å². The second-order valence-corrected chi connectivity index (χ2v) is 8.27. The van der Waals surface area contributed by atoms with E-state index in [4.69, 9.17) is 33.3 Å². The van der Waals surface area contributed by atoms with Crippen molar-refractivity contribution in [2.75, 3.05) is 51.8 Å². The highest BCUT2D eigenvalue weighted by molar-refractivity contribution is 7.80. The van der Waals surface area contributed by atoms with Crippen LogP contribution >= 0.6 is 23.8 Å². The highest BCUT2D eigenvalue weighted by atomic mass is 35.5. The Morgan fingerprint density at radius 2 is 2.03 bits per heavy atom. The molecule has 0 aliphatic carbocycles. The van der Waals surface area contributed by atoms with Gasteiger partial charge in [-0.2, -0.15) is 0 Å². The molecule has 0 saturated carbocycles. The van der Waals surface area contributed by atoms with E-state index in [0.717, 1.165) is 73.4 Å². The van der Waals surface area contributed by atoms with Gasteiger partial charge >= 0.3 is 0 Å². The van der Waals surface area contributed by atoms with Crippen LogP contribution in [-0.4, -0.2) is 61.4 Å². The average Bonchev–Trinajstić information content (AvgIpc) is 2.76. The molecule has 1 heterocycles. The molecule has 30 heavy (non-hydrogen) atoms. The molecule has 0 amide bonds. The smallest absolute Gasteiger partial charge is 0.173 e. The summed E-state index contributed by atoms with van der Waals surface area (Å²) >= 11 is 12.1. The van der Waals surface area contributed by atoms with Crippen LogP contribution in [0.15, 0.2) is 42.5 Å². The number of benzene rings is 2. The van der Waals surface area contributed by atoms with Gasteiger partial charge in [0.2, 0.25) is 0 Å². The van der Waals surface area contributed by atoms with E-state index >= 15 is 0 Å². The van der Waals surface area contributed by atoms with Gasteiger partial charge in [0.15, 0.2) is 5.11 Å². The molecular weight excluding hydrogens is 418 g/mol. The molecule has 0 atom stereocenters. The van der Waals surface area contributed by atoms with Crippen molar-refractivity contribution in [1.29, 1.82) is 0 Å². The Balaban J connectivity index is 1.66. The fourth-order valence-electron chi connectivity index (χ4n) is 3.43. The molecule has 2 aromatic carbocycles. The third-order valence-electron chi connectivity index (χ3n) is 5.22. The van der Waals surface area contributed by atoms with E-state index in [9.17, 15) is 0 Å². The lowest BCUT2D eigenvalue weighted by molar-refractivity contribution is 0.0368. The molecule has 0 spiro atoms. The first kappa shape index (κ1) is 22.8. The fourth-order valence-corrected chi connectivity index (χ4v) is 3.88. The molecule has 1 saturated heterocycles. The van der Waals surface area contributed by atoms with E-state index in [1.165, 1.54) is 0 Å². The summed E-state index contributed by atoms with van der Waals surface area (Å²) in [4.78, 5) is 4.65. The second-order valence-electron chi connectivity index (χ2n) is 7.47. The Kier molecular flexibility index (Phi) is 8.75. The third kappa shape index (κ3) is 6.84. The summed E-state index contributed by atoms with van der Waals surface area (Å²) in [6.07, 6.45) is 1.03. The topological polar surface area (TPSA) is 37.0 Å². The Morgan fingerprint density at radius 3 is 2.77 bits per heavy atom. The monoisotopic (exact) mass is 447 g/mol. The van der Waals surface area contributed by atoms with Crippen molar-refractivity contribution in [3.63, 3.8) is 0 Å². The molecule has 1 aliphatic heterocycles. The lowest BCUT2D eigenvalue weighted by Gasteiger charge is -2.30. The number of nitrogens with zero attached hydrogens (tertiary/aromatic N) is 2. The summed E-state index contributed by atoms with van der Waals surface area (Å²) in [6.45, 7) is 8.25. The van der Waals surface area contributed by atoms with Crippen LogP contribution in [0, 0.1) is 6.92 Å². The summed E-state index contributed by atoms with van der Waals surface area (Å²) in [5.41, 5.74) is 3.11. The SMILES string of the molecule is COc1cccc(CN(CCCN2CCOCC2)C(=S)Nc2ccc(C)c(Cl)c2)c1. The number of hydrogen-bond donors (Lipinski definition) is 1. The van der Waals surface area contributed by atoms with E-state index in [1.807, 2.05) is 37.3 Å². The first-order valence-corrected chi connectivity index (χ1v) is 11.1. The standard InChI is InChI=1S/C23H30ClN3O2S/c1-18-7-8-20(16-22(18)24)25-23(30)27(10-4-9-26-11-13-29-14-12-26)17-19-5-3-6-21(15-19)28-2/h3,5-8,15-16H,4,9-14,17H2,1-2H3,(H,25,30). The number of morpholine rings is 1. The van der Waals surface area contributed by atoms with Gasteiger partial charge in [-0.25, -0.2) is 0 Å². The van der Waals surface area contributed by atoms with E-state index < -0.39 is 0 Å². The van der Waals surface area contributed by atoms with Crippen LogP contribution in [-0.2, 0) is 11.3 Å². The molecular formula is C23H30ClN3O2S. The van der Waals surface area contributed by atoms with Crippen molar-refractivity contribution in [2.24, 2.45) is 0 Å². The summed E-state index contributed by atoms with van der Waals surface area (Å²) < 4.78 is 10.8. The van der Waals surface area contributed by atoms with Gasteiger partial charge in [0, 0.05) is 43.4 Å². The number of thiocarbonyl (C=S) groups is 1. The molecule has 0 radical (unpaired) electrons. The van der Waals surface area contributed by atoms with Crippen molar-refractivity contribution >= 4 is 34.6 Å². The normalized spacial score (nSPS) is 14.4. The van der Waals surface area contributed by atoms with E-state index in [0.29, 0.717) is 11.7 Å². The molecule has 0 aromatic heterocycles. The Labute approximate surface area is 189 Å². The van der Waals surface area contributed by atoms with E-state index in [2.05, 4.69) is 27.2 Å². The molecule has 1 N–H and O–H groups in total. The summed E-state index contributed by atoms with van der Waals surface area (Å²) in [5.74, 6) is 0.852. The van der Waals surface area contributed by atoms with Crippen molar-refractivity contribution in [1.82, 2.24) is 9.80 Å². The number of nitrogens with one attached hydrogen (secondary N) is 1. The molecule has 0 bridgehead atoms. The first-order valence-electron chi connectivity index (χ1n) is 10.3. The summed E-state index contributed by atoms with van der Waals surface area (Å²) in [6, 6.07) is 14.0. The van der Waals surface area contributed by atoms with Gasteiger partial charge in [-0.15, -0.1) is 0 Å². The van der Waals surface area contributed by atoms with E-state index in [1.54, 1.807) is 7.11 Å². The summed E-state index contributed by atoms with van der Waals surface area (Å²) in [7, 11) is 1.69. The number of halogens is 1. The van der Waals surface area contributed by atoms with Crippen molar-refractivity contribution in [3.8, 4) is 5.75 Å². The van der Waals surface area contributed by atoms with E-state index in [-0.39, 0.29) is 0 Å². The molecule has 0 unspecified atom stereocenters. The zero-order valence-corrected chi connectivity index (χ0v) is 19.3. The van der Waals surface area contributed by atoms with Gasteiger partial charge in [0.1, 0.15) is 5.75 Å². The van der Waals surface area contributed by atoms with Gasteiger partial charge < -0.3 is 19.7 Å². The molecule has 2 aromatic rings. The van der Waals surface area contributed by atoms with Gasteiger partial charge in [0.05, 0.1) is 20.3 Å². The van der Waals surface area contributed by atoms with Crippen LogP contribution < -0.4 is 10.1 Å². The lowest BCUT2D eigenvalue weighted by Crippen LogP contribution is -2.40. The third-order valence-corrected chi connectivity index (χ3v) is 5.99. The van der Waals surface area contributed by atoms with Gasteiger partial charge in [-0.1, -0.05) is 29.8 Å². The predicted molar refractivity (Wildman–Crippen MR) is 128 cm³/mol. The Morgan fingerprint density at radius 1 is 1.23 bits per heavy atom. The van der Waals surface area contributed by atoms with Crippen molar-refractivity contribution in [3.05, 3.63) is 58.6 Å². The number of rotatable bonds is 8. The summed E-state index contributed by atoms with van der Waals surface area (Å²) in [5, 5.41) is 4.78. The maximum absolute atomic E-state index is 6.28. The molecule has 162 valence electrons. The zero-order chi connectivity index (χ0) is 21.3. The molecule has 3 rings (SSSR count). The number of ether oxygens (including phenoxy) is 2. The number of aryl methyl sites for hydroxylation is 1.